The van der Waals surface area contributed by atoms with E-state index in [1.807, 2.05) is 11.0 Å². The van der Waals surface area contributed by atoms with E-state index in [0.717, 1.165) is 84.3 Å². The van der Waals surface area contributed by atoms with Gasteiger partial charge in [0.2, 0.25) is 11.8 Å². The van der Waals surface area contributed by atoms with E-state index in [1.54, 1.807) is 6.08 Å². The number of alkyl halides is 1. The van der Waals surface area contributed by atoms with E-state index < -0.39 is 24.3 Å². The second kappa shape index (κ2) is 14.2. The molecule has 6 atom stereocenters. The Morgan fingerprint density at radius 3 is 2.45 bits per heavy atom. The molecule has 5 rings (SSSR count). The van der Waals surface area contributed by atoms with E-state index in [2.05, 4.69) is 32.8 Å². The number of piperazine rings is 1. The molecule has 0 aromatic heterocycles. The molecule has 3 saturated heterocycles. The number of rotatable bonds is 6. The highest BCUT2D eigenvalue weighted by Gasteiger charge is 2.43. The molecule has 1 spiro atoms. The number of nitrogens with zero attached hydrogens (tertiary/aromatic N) is 3. The van der Waals surface area contributed by atoms with Crippen LogP contribution in [-0.2, 0) is 9.59 Å². The number of aliphatic imine (C=N–C) groups is 1. The van der Waals surface area contributed by atoms with Crippen molar-refractivity contribution in [2.75, 3.05) is 52.4 Å². The molecule has 0 bridgehead atoms. The first-order chi connectivity index (χ1) is 20.3. The molecule has 0 aromatic rings. The molecule has 7 N–H and O–H groups in total. The third kappa shape index (κ3) is 7.41. The highest BCUT2D eigenvalue weighted by Crippen LogP contribution is 2.44. The van der Waals surface area contributed by atoms with Gasteiger partial charge in [-0.2, -0.15) is 0 Å². The molecule has 2 amide bonds. The maximum Gasteiger partial charge on any atom is 0.228 e. The predicted octanol–water partition coefficient (Wildman–Crippen LogP) is 0.771. The van der Waals surface area contributed by atoms with Gasteiger partial charge in [-0.3, -0.25) is 19.5 Å². The quantitative estimate of drug-likeness (QED) is 0.228. The van der Waals surface area contributed by atoms with Crippen molar-refractivity contribution in [3.63, 3.8) is 0 Å². The molecule has 0 aromatic carbocycles. The van der Waals surface area contributed by atoms with E-state index >= 15 is 0 Å². The van der Waals surface area contributed by atoms with Crippen LogP contribution in [0.5, 0.6) is 0 Å². The maximum absolute atomic E-state index is 14.6. The van der Waals surface area contributed by atoms with Crippen molar-refractivity contribution in [3.8, 4) is 0 Å². The number of hydrogen-bond donors (Lipinski definition) is 5. The van der Waals surface area contributed by atoms with Crippen molar-refractivity contribution in [2.24, 2.45) is 39.6 Å². The zero-order chi connectivity index (χ0) is 29.7. The number of piperidine rings is 2. The van der Waals surface area contributed by atoms with Gasteiger partial charge >= 0.3 is 0 Å². The lowest BCUT2D eigenvalue weighted by Gasteiger charge is -2.47. The molecule has 42 heavy (non-hydrogen) atoms. The minimum absolute atomic E-state index is 0.0710. The van der Waals surface area contributed by atoms with E-state index in [1.165, 1.54) is 12.6 Å². The first-order valence-corrected chi connectivity index (χ1v) is 16.4. The maximum atomic E-state index is 14.6. The number of nitrogens with one attached hydrogen (secondary N) is 3. The van der Waals surface area contributed by atoms with Crippen molar-refractivity contribution in [1.29, 1.82) is 0 Å². The molecule has 4 heterocycles. The van der Waals surface area contributed by atoms with Crippen LogP contribution in [0.25, 0.3) is 0 Å². The van der Waals surface area contributed by atoms with Gasteiger partial charge in [-0.15, -0.1) is 0 Å². The van der Waals surface area contributed by atoms with Crippen molar-refractivity contribution in [3.05, 3.63) is 12.2 Å². The van der Waals surface area contributed by atoms with Gasteiger partial charge in [-0.1, -0.05) is 32.3 Å². The minimum atomic E-state index is -1.28. The Kier molecular flexibility index (Phi) is 10.7. The topological polar surface area (TPSA) is 141 Å². The third-order valence-corrected chi connectivity index (χ3v) is 10.5. The Bertz CT molecular complexity index is 972. The Hall–Kier alpha value is -1.92. The summed E-state index contributed by atoms with van der Waals surface area (Å²) in [6.45, 7) is 8.73. The summed E-state index contributed by atoms with van der Waals surface area (Å²) >= 11 is 0. The summed E-state index contributed by atoms with van der Waals surface area (Å²) in [5.74, 6) is -0.273. The molecule has 11 heteroatoms. The van der Waals surface area contributed by atoms with Gasteiger partial charge in [0.25, 0.3) is 0 Å². The SMILES string of the molecule is CC1CNCC(NC(=O)C(C(N)N)C2CC3(/C=C\C(F)C=N2)CCCCC3)C1N1CCC(C(=O)N2CCNCC2)CC1. The lowest BCUT2D eigenvalue weighted by molar-refractivity contribution is -0.138. The smallest absolute Gasteiger partial charge is 0.228 e. The lowest BCUT2D eigenvalue weighted by atomic mass is 9.68. The van der Waals surface area contributed by atoms with E-state index in [9.17, 15) is 14.0 Å². The number of amides is 2. The molecule has 236 valence electrons. The summed E-state index contributed by atoms with van der Waals surface area (Å²) in [5.41, 5.74) is 12.4. The fourth-order valence-corrected chi connectivity index (χ4v) is 8.25. The molecule has 4 aliphatic heterocycles. The van der Waals surface area contributed by atoms with Crippen LogP contribution in [0.3, 0.4) is 0 Å². The first kappa shape index (κ1) is 31.5. The minimum Gasteiger partial charge on any atom is -0.350 e. The van der Waals surface area contributed by atoms with E-state index in [0.29, 0.717) is 24.8 Å². The lowest BCUT2D eigenvalue weighted by Crippen LogP contribution is -2.66. The van der Waals surface area contributed by atoms with Crippen LogP contribution < -0.4 is 27.4 Å². The van der Waals surface area contributed by atoms with Gasteiger partial charge in [0.15, 0.2) is 6.17 Å². The number of allylic oxidation sites excluding steroid dienone is 2. The molecule has 1 aliphatic carbocycles. The zero-order valence-electron chi connectivity index (χ0n) is 25.4. The number of nitrogens with two attached hydrogens (primary N) is 2. The summed E-state index contributed by atoms with van der Waals surface area (Å²) in [7, 11) is 0. The zero-order valence-corrected chi connectivity index (χ0v) is 25.4. The molecule has 1 saturated carbocycles. The van der Waals surface area contributed by atoms with Crippen molar-refractivity contribution < 1.29 is 14.0 Å². The highest BCUT2D eigenvalue weighted by molar-refractivity contribution is 5.81. The second-order valence-corrected chi connectivity index (χ2v) is 13.5. The standard InChI is InChI=1S/C31H53FN8O2/c1-21-18-36-20-25(27(21)39-13-6-22(7-14-39)30(42)40-15-11-35-12-16-40)38-29(41)26(28(33)34)24-17-31(8-3-2-4-9-31)10-5-23(32)19-37-24/h5,10,19,21-28,35-36H,2-4,6-9,11-18,20,33-34H2,1H3,(H,38,41)/b10-5-,37-19?. The van der Waals surface area contributed by atoms with Crippen LogP contribution in [0.2, 0.25) is 0 Å². The Morgan fingerprint density at radius 2 is 1.76 bits per heavy atom. The van der Waals surface area contributed by atoms with Gasteiger partial charge in [0, 0.05) is 50.9 Å². The van der Waals surface area contributed by atoms with Crippen LogP contribution in [0.1, 0.15) is 58.3 Å². The summed E-state index contributed by atoms with van der Waals surface area (Å²) < 4.78 is 14.6. The van der Waals surface area contributed by atoms with Crippen LogP contribution in [0, 0.1) is 23.2 Å². The number of carbonyl (C=O) groups excluding carboxylic acids is 2. The Morgan fingerprint density at radius 1 is 1.05 bits per heavy atom. The number of likely N-dealkylation sites (tertiary alicyclic amines) is 1. The summed E-state index contributed by atoms with van der Waals surface area (Å²) in [6, 6.07) is -0.466. The van der Waals surface area contributed by atoms with Crippen LogP contribution >= 0.6 is 0 Å². The highest BCUT2D eigenvalue weighted by atomic mass is 19.1. The van der Waals surface area contributed by atoms with E-state index in [-0.39, 0.29) is 29.3 Å². The molecular formula is C31H53FN8O2. The Labute approximate surface area is 250 Å². The van der Waals surface area contributed by atoms with Gasteiger partial charge in [0.05, 0.1) is 24.2 Å². The Balaban J connectivity index is 1.26. The normalized spacial score (nSPS) is 34.5. The monoisotopic (exact) mass is 588 g/mol. The fourth-order valence-electron chi connectivity index (χ4n) is 8.25. The molecule has 5 aliphatic rings. The first-order valence-electron chi connectivity index (χ1n) is 16.4. The predicted molar refractivity (Wildman–Crippen MR) is 164 cm³/mol. The van der Waals surface area contributed by atoms with Gasteiger partial charge in [-0.05, 0) is 69.1 Å². The fraction of sp³-hybridized carbons (Fsp3) is 0.839. The molecule has 6 unspecified atom stereocenters. The van der Waals surface area contributed by atoms with Crippen LogP contribution in [0.15, 0.2) is 17.1 Å². The number of halogens is 1. The van der Waals surface area contributed by atoms with Gasteiger partial charge < -0.3 is 32.3 Å². The number of hydrogen-bond acceptors (Lipinski definition) is 8. The summed E-state index contributed by atoms with van der Waals surface area (Å²) in [6.07, 6.45) is 10.4. The van der Waals surface area contributed by atoms with Gasteiger partial charge in [-0.25, -0.2) is 4.39 Å². The molecule has 0 radical (unpaired) electrons. The molecule has 4 fully saturated rings. The third-order valence-electron chi connectivity index (χ3n) is 10.5. The summed E-state index contributed by atoms with van der Waals surface area (Å²) in [4.78, 5) is 36.2. The van der Waals surface area contributed by atoms with Crippen molar-refractivity contribution in [2.45, 2.75) is 88.8 Å². The second-order valence-electron chi connectivity index (χ2n) is 13.5. The van der Waals surface area contributed by atoms with Crippen LogP contribution in [0.4, 0.5) is 4.39 Å². The molecule has 10 nitrogen and oxygen atoms in total. The van der Waals surface area contributed by atoms with Gasteiger partial charge in [0.1, 0.15) is 0 Å². The van der Waals surface area contributed by atoms with E-state index in [4.69, 9.17) is 11.5 Å². The van der Waals surface area contributed by atoms with Crippen molar-refractivity contribution in [1.82, 2.24) is 25.8 Å². The summed E-state index contributed by atoms with van der Waals surface area (Å²) in [5, 5.41) is 10.1. The average Bonchev–Trinajstić information content (AvgIpc) is 2.99. The van der Waals surface area contributed by atoms with Crippen LogP contribution in [-0.4, -0.2) is 111 Å². The molecular weight excluding hydrogens is 535 g/mol. The average molecular weight is 589 g/mol. The largest absolute Gasteiger partial charge is 0.350 e. The number of carbonyl (C=O) groups is 2. The van der Waals surface area contributed by atoms with Crippen molar-refractivity contribution >= 4 is 18.0 Å².